The van der Waals surface area contributed by atoms with Crippen molar-refractivity contribution < 1.29 is 14.3 Å². The first-order chi connectivity index (χ1) is 7.65. The summed E-state index contributed by atoms with van der Waals surface area (Å²) in [6.45, 7) is 6.27. The number of hydrogen-bond acceptors (Lipinski definition) is 4. The van der Waals surface area contributed by atoms with E-state index in [0.717, 1.165) is 10.6 Å². The van der Waals surface area contributed by atoms with Gasteiger partial charge in [0.1, 0.15) is 5.00 Å². The minimum atomic E-state index is -0.382. The molecule has 1 heterocycles. The van der Waals surface area contributed by atoms with Gasteiger partial charge in [0, 0.05) is 17.5 Å². The van der Waals surface area contributed by atoms with E-state index in [1.165, 1.54) is 16.2 Å². The molecular formula is C11H14NO3S. The molecule has 0 bridgehead atoms. The first-order valence-corrected chi connectivity index (χ1v) is 5.94. The van der Waals surface area contributed by atoms with Gasteiger partial charge in [-0.2, -0.15) is 0 Å². The van der Waals surface area contributed by atoms with Crippen LogP contribution >= 0.6 is 11.3 Å². The standard InChI is InChI=1S/C11H14NO3S/c1-4-12(11(14)15-5-2)10-8(3)9(6-13)7-16-10/h7H,4-5H2,1-3H3. The van der Waals surface area contributed by atoms with Crippen molar-refractivity contribution in [2.45, 2.75) is 20.8 Å². The number of ether oxygens (including phenoxy) is 1. The second-order valence-corrected chi connectivity index (χ2v) is 3.98. The van der Waals surface area contributed by atoms with Crippen molar-refractivity contribution in [1.29, 1.82) is 0 Å². The highest BCUT2D eigenvalue weighted by Crippen LogP contribution is 2.30. The smallest absolute Gasteiger partial charge is 0.414 e. The van der Waals surface area contributed by atoms with Gasteiger partial charge in [-0.15, -0.1) is 11.3 Å². The van der Waals surface area contributed by atoms with Crippen molar-refractivity contribution in [3.05, 3.63) is 16.5 Å². The van der Waals surface area contributed by atoms with Crippen LogP contribution in [0.5, 0.6) is 0 Å². The molecule has 0 atom stereocenters. The molecule has 0 saturated carbocycles. The van der Waals surface area contributed by atoms with Crippen LogP contribution in [0.3, 0.4) is 0 Å². The minimum Gasteiger partial charge on any atom is -0.449 e. The summed E-state index contributed by atoms with van der Waals surface area (Å²) < 4.78 is 4.94. The van der Waals surface area contributed by atoms with E-state index in [1.54, 1.807) is 19.2 Å². The fraction of sp³-hybridized carbons (Fsp3) is 0.455. The van der Waals surface area contributed by atoms with Crippen LogP contribution in [0.2, 0.25) is 0 Å². The van der Waals surface area contributed by atoms with E-state index in [2.05, 4.69) is 0 Å². The van der Waals surface area contributed by atoms with Crippen LogP contribution in [-0.2, 0) is 9.53 Å². The van der Waals surface area contributed by atoms with Gasteiger partial charge in [-0.25, -0.2) is 4.79 Å². The maximum absolute atomic E-state index is 11.6. The molecule has 0 aromatic carbocycles. The zero-order valence-corrected chi connectivity index (χ0v) is 10.4. The lowest BCUT2D eigenvalue weighted by Crippen LogP contribution is -2.31. The molecule has 5 heteroatoms. The van der Waals surface area contributed by atoms with Gasteiger partial charge in [-0.3, -0.25) is 9.69 Å². The fourth-order valence-electron chi connectivity index (χ4n) is 1.33. The summed E-state index contributed by atoms with van der Waals surface area (Å²) in [6.07, 6.45) is 1.47. The molecule has 4 nitrogen and oxygen atoms in total. The van der Waals surface area contributed by atoms with Gasteiger partial charge >= 0.3 is 6.09 Å². The molecule has 0 aliphatic carbocycles. The number of anilines is 1. The van der Waals surface area contributed by atoms with Crippen molar-refractivity contribution in [2.75, 3.05) is 18.1 Å². The number of carbonyl (C=O) groups excluding carboxylic acids is 2. The lowest BCUT2D eigenvalue weighted by molar-refractivity contribution is 0.160. The highest BCUT2D eigenvalue weighted by atomic mass is 32.1. The van der Waals surface area contributed by atoms with Gasteiger partial charge < -0.3 is 4.74 Å². The average Bonchev–Trinajstić information content (AvgIpc) is 2.62. The van der Waals surface area contributed by atoms with Crippen molar-refractivity contribution in [2.24, 2.45) is 0 Å². The summed E-state index contributed by atoms with van der Waals surface area (Å²) in [5, 5.41) is 2.44. The number of thiophene rings is 1. The Balaban J connectivity index is 2.99. The van der Waals surface area contributed by atoms with Crippen molar-refractivity contribution >= 4 is 28.7 Å². The van der Waals surface area contributed by atoms with E-state index in [4.69, 9.17) is 4.74 Å². The van der Waals surface area contributed by atoms with E-state index < -0.39 is 0 Å². The molecule has 0 unspecified atom stereocenters. The summed E-state index contributed by atoms with van der Waals surface area (Å²) in [4.78, 5) is 23.7. The van der Waals surface area contributed by atoms with Crippen LogP contribution in [0.4, 0.5) is 9.80 Å². The third-order valence-corrected chi connectivity index (χ3v) is 3.28. The molecule has 1 amide bonds. The van der Waals surface area contributed by atoms with Crippen molar-refractivity contribution in [1.82, 2.24) is 0 Å². The Bertz CT molecular complexity index is 387. The fourth-order valence-corrected chi connectivity index (χ4v) is 2.40. The first kappa shape index (κ1) is 12.7. The highest BCUT2D eigenvalue weighted by Gasteiger charge is 2.20. The number of nitrogens with zero attached hydrogens (tertiary/aromatic N) is 1. The van der Waals surface area contributed by atoms with Crippen molar-refractivity contribution in [3.63, 3.8) is 0 Å². The minimum absolute atomic E-state index is 0.340. The van der Waals surface area contributed by atoms with Gasteiger partial charge in [0.2, 0.25) is 6.29 Å². The van der Waals surface area contributed by atoms with E-state index in [9.17, 15) is 9.59 Å². The predicted molar refractivity (Wildman–Crippen MR) is 63.9 cm³/mol. The molecule has 1 rings (SSSR count). The maximum Gasteiger partial charge on any atom is 0.414 e. The van der Waals surface area contributed by atoms with E-state index in [-0.39, 0.29) is 6.09 Å². The lowest BCUT2D eigenvalue weighted by atomic mass is 10.2. The molecule has 0 spiro atoms. The Hall–Kier alpha value is -1.36. The van der Waals surface area contributed by atoms with Crippen LogP contribution in [0, 0.1) is 6.92 Å². The quantitative estimate of drug-likeness (QED) is 0.812. The molecule has 1 aromatic heterocycles. The molecule has 1 radical (unpaired) electrons. The summed E-state index contributed by atoms with van der Waals surface area (Å²) in [5.74, 6) is 0. The second-order valence-electron chi connectivity index (χ2n) is 3.12. The van der Waals surface area contributed by atoms with E-state index in [1.807, 2.05) is 13.2 Å². The lowest BCUT2D eigenvalue weighted by Gasteiger charge is -2.19. The predicted octanol–water partition coefficient (Wildman–Crippen LogP) is 2.50. The number of amides is 1. The normalized spacial score (nSPS) is 9.94. The summed E-state index contributed by atoms with van der Waals surface area (Å²) in [7, 11) is 0. The number of hydrogen-bond donors (Lipinski definition) is 0. The molecule has 16 heavy (non-hydrogen) atoms. The summed E-state index contributed by atoms with van der Waals surface area (Å²) in [6, 6.07) is 0. The molecule has 0 aliphatic rings. The third kappa shape index (κ3) is 2.41. The Morgan fingerprint density at radius 3 is 2.69 bits per heavy atom. The molecule has 1 aromatic rings. The number of carbonyl (C=O) groups is 1. The van der Waals surface area contributed by atoms with Crippen LogP contribution < -0.4 is 4.90 Å². The monoisotopic (exact) mass is 240 g/mol. The second kappa shape index (κ2) is 5.65. The Labute approximate surface area is 98.8 Å². The molecule has 0 N–H and O–H groups in total. The summed E-state index contributed by atoms with van der Waals surface area (Å²) >= 11 is 1.35. The molecule has 0 saturated heterocycles. The van der Waals surface area contributed by atoms with Crippen LogP contribution in [0.1, 0.15) is 25.0 Å². The molecule has 0 aliphatic heterocycles. The van der Waals surface area contributed by atoms with Crippen LogP contribution in [0.15, 0.2) is 5.38 Å². The molecular weight excluding hydrogens is 226 g/mol. The third-order valence-electron chi connectivity index (χ3n) is 2.17. The SMILES string of the molecule is CCOC(=O)N(CC)c1scc([C]=O)c1C. The van der Waals surface area contributed by atoms with Crippen LogP contribution in [-0.4, -0.2) is 25.5 Å². The van der Waals surface area contributed by atoms with Gasteiger partial charge in [-0.05, 0) is 26.3 Å². The highest BCUT2D eigenvalue weighted by molar-refractivity contribution is 7.14. The first-order valence-electron chi connectivity index (χ1n) is 5.06. The van der Waals surface area contributed by atoms with Gasteiger partial charge in [-0.1, -0.05) is 0 Å². The zero-order chi connectivity index (χ0) is 12.1. The molecule has 0 fully saturated rings. The molecule has 87 valence electrons. The van der Waals surface area contributed by atoms with Gasteiger partial charge in [0.05, 0.1) is 6.61 Å². The van der Waals surface area contributed by atoms with E-state index >= 15 is 0 Å². The number of rotatable bonds is 4. The van der Waals surface area contributed by atoms with Gasteiger partial charge in [0.15, 0.2) is 0 Å². The largest absolute Gasteiger partial charge is 0.449 e. The Morgan fingerprint density at radius 1 is 1.56 bits per heavy atom. The van der Waals surface area contributed by atoms with Crippen LogP contribution in [0.25, 0.3) is 0 Å². The Morgan fingerprint density at radius 2 is 2.25 bits per heavy atom. The van der Waals surface area contributed by atoms with E-state index in [0.29, 0.717) is 18.7 Å². The maximum atomic E-state index is 11.6. The zero-order valence-electron chi connectivity index (χ0n) is 9.57. The topological polar surface area (TPSA) is 46.6 Å². The van der Waals surface area contributed by atoms with Gasteiger partial charge in [0.25, 0.3) is 0 Å². The van der Waals surface area contributed by atoms with Crippen molar-refractivity contribution in [3.8, 4) is 0 Å². The summed E-state index contributed by atoms with van der Waals surface area (Å²) in [5.41, 5.74) is 1.28. The average molecular weight is 240 g/mol. The Kier molecular flexibility index (Phi) is 4.49.